The minimum Gasteiger partial charge on any atom is -0.393 e. The molecule has 0 radical (unpaired) electrons. The molecule has 1 N–H and O–H groups in total. The Hall–Kier alpha value is -3.18. The Morgan fingerprint density at radius 2 is 1.80 bits per heavy atom. The molecule has 5 nitrogen and oxygen atoms in total. The lowest BCUT2D eigenvalue weighted by Crippen LogP contribution is -2.39. The molecule has 1 fully saturated rings. The van der Waals surface area contributed by atoms with Crippen LogP contribution in [0.25, 0.3) is 17.3 Å². The van der Waals surface area contributed by atoms with Crippen LogP contribution in [0.15, 0.2) is 66.9 Å². The molecule has 2 heterocycles. The van der Waals surface area contributed by atoms with Crippen molar-refractivity contribution >= 4 is 12.0 Å². The van der Waals surface area contributed by atoms with Crippen LogP contribution in [0.3, 0.4) is 0 Å². The van der Waals surface area contributed by atoms with Gasteiger partial charge in [0.25, 0.3) is 0 Å². The van der Waals surface area contributed by atoms with Gasteiger partial charge in [0.2, 0.25) is 5.91 Å². The summed E-state index contributed by atoms with van der Waals surface area (Å²) in [6.07, 6.45) is 6.47. The Labute approximate surface area is 177 Å². The predicted molar refractivity (Wildman–Crippen MR) is 119 cm³/mol. The molecule has 1 aliphatic rings. The average molecular weight is 402 g/mol. The number of likely N-dealkylation sites (tertiary alicyclic amines) is 1. The van der Waals surface area contributed by atoms with E-state index in [1.165, 1.54) is 11.1 Å². The molecule has 1 aromatic heterocycles. The molecule has 30 heavy (non-hydrogen) atoms. The van der Waals surface area contributed by atoms with Gasteiger partial charge in [0, 0.05) is 36.5 Å². The quantitative estimate of drug-likeness (QED) is 0.660. The van der Waals surface area contributed by atoms with E-state index in [9.17, 15) is 9.90 Å². The van der Waals surface area contributed by atoms with Gasteiger partial charge in [-0.25, -0.2) is 0 Å². The van der Waals surface area contributed by atoms with Crippen molar-refractivity contribution in [1.29, 1.82) is 0 Å². The lowest BCUT2D eigenvalue weighted by Gasteiger charge is -2.28. The standard InChI is InChI=1S/C25H27N3O2/c1-19-7-9-21(10-8-19)25-22(11-12-24(30)27-15-13-23(29)14-16-27)18-28(26-25)17-20-5-3-2-4-6-20/h2-12,18,23,29H,13-17H2,1H3/b12-11+. The molecule has 0 spiro atoms. The van der Waals surface area contributed by atoms with Crippen molar-refractivity contribution in [3.63, 3.8) is 0 Å². The van der Waals surface area contributed by atoms with Gasteiger partial charge in [-0.05, 0) is 31.4 Å². The Morgan fingerprint density at radius 1 is 1.10 bits per heavy atom. The highest BCUT2D eigenvalue weighted by Crippen LogP contribution is 2.24. The Bertz CT molecular complexity index is 1010. The number of nitrogens with zero attached hydrogens (tertiary/aromatic N) is 3. The third-order valence-electron chi connectivity index (χ3n) is 5.48. The second-order valence-electron chi connectivity index (χ2n) is 7.87. The van der Waals surface area contributed by atoms with Crippen molar-refractivity contribution in [3.05, 3.63) is 83.6 Å². The molecule has 3 aromatic rings. The fraction of sp³-hybridized carbons (Fsp3) is 0.280. The minimum atomic E-state index is -0.289. The lowest BCUT2D eigenvalue weighted by atomic mass is 10.1. The van der Waals surface area contributed by atoms with E-state index in [4.69, 9.17) is 5.10 Å². The summed E-state index contributed by atoms with van der Waals surface area (Å²) in [5.41, 5.74) is 5.18. The second kappa shape index (κ2) is 9.09. The van der Waals surface area contributed by atoms with Crippen LogP contribution in [0.1, 0.15) is 29.5 Å². The van der Waals surface area contributed by atoms with Crippen molar-refractivity contribution in [2.45, 2.75) is 32.4 Å². The van der Waals surface area contributed by atoms with Gasteiger partial charge >= 0.3 is 0 Å². The zero-order chi connectivity index (χ0) is 20.9. The number of hydrogen-bond donors (Lipinski definition) is 1. The summed E-state index contributed by atoms with van der Waals surface area (Å²) in [6, 6.07) is 18.5. The molecule has 1 aliphatic heterocycles. The zero-order valence-electron chi connectivity index (χ0n) is 17.2. The number of aliphatic hydroxyl groups excluding tert-OH is 1. The van der Waals surface area contributed by atoms with Crippen molar-refractivity contribution in [2.75, 3.05) is 13.1 Å². The molecule has 0 atom stereocenters. The van der Waals surface area contributed by atoms with E-state index < -0.39 is 0 Å². The molecule has 2 aromatic carbocycles. The van der Waals surface area contributed by atoms with Crippen molar-refractivity contribution < 1.29 is 9.90 Å². The van der Waals surface area contributed by atoms with Crippen LogP contribution < -0.4 is 0 Å². The van der Waals surface area contributed by atoms with Gasteiger partial charge in [0.1, 0.15) is 0 Å². The van der Waals surface area contributed by atoms with E-state index in [1.807, 2.05) is 35.2 Å². The number of hydrogen-bond acceptors (Lipinski definition) is 3. The Kier molecular flexibility index (Phi) is 6.10. The number of rotatable bonds is 5. The number of carbonyl (C=O) groups excluding carboxylic acids is 1. The second-order valence-corrected chi connectivity index (χ2v) is 7.87. The highest BCUT2D eigenvalue weighted by Gasteiger charge is 2.19. The van der Waals surface area contributed by atoms with Crippen molar-refractivity contribution in [2.24, 2.45) is 0 Å². The van der Waals surface area contributed by atoms with Gasteiger partial charge in [-0.3, -0.25) is 9.48 Å². The third-order valence-corrected chi connectivity index (χ3v) is 5.48. The summed E-state index contributed by atoms with van der Waals surface area (Å²) in [7, 11) is 0. The predicted octanol–water partition coefficient (Wildman–Crippen LogP) is 3.90. The summed E-state index contributed by atoms with van der Waals surface area (Å²) >= 11 is 0. The van der Waals surface area contributed by atoms with Gasteiger partial charge in [-0.2, -0.15) is 5.10 Å². The Balaban J connectivity index is 1.59. The van der Waals surface area contributed by atoms with E-state index >= 15 is 0 Å². The molecule has 5 heteroatoms. The summed E-state index contributed by atoms with van der Waals surface area (Å²) in [4.78, 5) is 14.4. The van der Waals surface area contributed by atoms with Gasteiger partial charge in [-0.15, -0.1) is 0 Å². The first-order valence-corrected chi connectivity index (χ1v) is 10.4. The summed E-state index contributed by atoms with van der Waals surface area (Å²) < 4.78 is 1.92. The number of aliphatic hydroxyl groups is 1. The number of aromatic nitrogens is 2. The Morgan fingerprint density at radius 3 is 2.50 bits per heavy atom. The fourth-order valence-corrected chi connectivity index (χ4v) is 3.70. The first kappa shape index (κ1) is 20.1. The topological polar surface area (TPSA) is 58.4 Å². The molecule has 4 rings (SSSR count). The molecule has 0 bridgehead atoms. The monoisotopic (exact) mass is 401 g/mol. The molecular weight excluding hydrogens is 374 g/mol. The largest absolute Gasteiger partial charge is 0.393 e. The zero-order valence-corrected chi connectivity index (χ0v) is 17.2. The van der Waals surface area contributed by atoms with Gasteiger partial charge < -0.3 is 10.0 Å². The molecule has 0 saturated carbocycles. The van der Waals surface area contributed by atoms with Gasteiger partial charge in [-0.1, -0.05) is 60.2 Å². The number of carbonyl (C=O) groups is 1. The summed E-state index contributed by atoms with van der Waals surface area (Å²) in [5, 5.41) is 14.5. The molecule has 154 valence electrons. The molecule has 1 amide bonds. The van der Waals surface area contributed by atoms with Crippen LogP contribution in [0.5, 0.6) is 0 Å². The van der Waals surface area contributed by atoms with Crippen LogP contribution in [0.2, 0.25) is 0 Å². The van der Waals surface area contributed by atoms with Crippen molar-refractivity contribution in [3.8, 4) is 11.3 Å². The lowest BCUT2D eigenvalue weighted by molar-refractivity contribution is -0.127. The van der Waals surface area contributed by atoms with E-state index in [1.54, 1.807) is 11.0 Å². The van der Waals surface area contributed by atoms with E-state index in [2.05, 4.69) is 43.3 Å². The van der Waals surface area contributed by atoms with Crippen LogP contribution in [0.4, 0.5) is 0 Å². The summed E-state index contributed by atoms with van der Waals surface area (Å²) in [5.74, 6) is -0.0208. The van der Waals surface area contributed by atoms with E-state index in [0.29, 0.717) is 32.5 Å². The van der Waals surface area contributed by atoms with Gasteiger partial charge in [0.15, 0.2) is 0 Å². The summed E-state index contributed by atoms with van der Waals surface area (Å²) in [6.45, 7) is 3.93. The first-order chi connectivity index (χ1) is 14.6. The van der Waals surface area contributed by atoms with Gasteiger partial charge in [0.05, 0.1) is 18.3 Å². The maximum absolute atomic E-state index is 12.6. The maximum atomic E-state index is 12.6. The highest BCUT2D eigenvalue weighted by molar-refractivity contribution is 5.93. The normalized spacial score (nSPS) is 15.1. The average Bonchev–Trinajstić information content (AvgIpc) is 3.16. The molecule has 0 aliphatic carbocycles. The SMILES string of the molecule is Cc1ccc(-c2nn(Cc3ccccc3)cc2/C=C/C(=O)N2CCC(O)CC2)cc1. The number of aryl methyl sites for hydroxylation is 1. The molecule has 1 saturated heterocycles. The molecule has 0 unspecified atom stereocenters. The minimum absolute atomic E-state index is 0.0208. The van der Waals surface area contributed by atoms with E-state index in [0.717, 1.165) is 16.8 Å². The smallest absolute Gasteiger partial charge is 0.246 e. The highest BCUT2D eigenvalue weighted by atomic mass is 16.3. The van der Waals surface area contributed by atoms with Crippen LogP contribution >= 0.6 is 0 Å². The fourth-order valence-electron chi connectivity index (χ4n) is 3.70. The number of amides is 1. The maximum Gasteiger partial charge on any atom is 0.246 e. The first-order valence-electron chi connectivity index (χ1n) is 10.4. The third kappa shape index (κ3) is 4.86. The van der Waals surface area contributed by atoms with E-state index in [-0.39, 0.29) is 12.0 Å². The van der Waals surface area contributed by atoms with Crippen LogP contribution in [0, 0.1) is 6.92 Å². The van der Waals surface area contributed by atoms with Crippen LogP contribution in [-0.2, 0) is 11.3 Å². The molecular formula is C25H27N3O2. The number of benzene rings is 2. The van der Waals surface area contributed by atoms with Crippen LogP contribution in [-0.4, -0.2) is 44.9 Å². The van der Waals surface area contributed by atoms with Crippen molar-refractivity contribution in [1.82, 2.24) is 14.7 Å². The number of piperidine rings is 1.